The van der Waals surface area contributed by atoms with Gasteiger partial charge in [-0.3, -0.25) is 9.69 Å². The van der Waals surface area contributed by atoms with Crippen LogP contribution in [-0.2, 0) is 15.7 Å². The number of nitrogens with zero attached hydrogens (tertiary/aromatic N) is 3. The molecule has 5 rings (SSSR count). The molecule has 0 radical (unpaired) electrons. The van der Waals surface area contributed by atoms with Gasteiger partial charge in [0.2, 0.25) is 0 Å². The molecular weight excluding hydrogens is 541 g/mol. The van der Waals surface area contributed by atoms with E-state index in [-0.39, 0.29) is 22.6 Å². The number of methoxy groups -OCH3 is 2. The van der Waals surface area contributed by atoms with Gasteiger partial charge in [-0.1, -0.05) is 0 Å². The summed E-state index contributed by atoms with van der Waals surface area (Å²) < 4.78 is 57.0. The van der Waals surface area contributed by atoms with E-state index in [1.54, 1.807) is 18.2 Å². The van der Waals surface area contributed by atoms with Gasteiger partial charge >= 0.3 is 6.18 Å². The number of ether oxygens (including phenoxy) is 3. The highest BCUT2D eigenvalue weighted by molar-refractivity contribution is 5.97. The maximum atomic E-state index is 13.6. The molecule has 10 nitrogen and oxygen atoms in total. The smallest absolute Gasteiger partial charge is 0.418 e. The van der Waals surface area contributed by atoms with Crippen molar-refractivity contribution in [3.05, 3.63) is 41.6 Å². The highest BCUT2D eigenvalue weighted by Crippen LogP contribution is 2.39. The number of likely N-dealkylation sites (tertiary alicyclic amines) is 1. The lowest BCUT2D eigenvalue weighted by atomic mass is 10.0. The lowest BCUT2D eigenvalue weighted by Gasteiger charge is -2.40. The lowest BCUT2D eigenvalue weighted by Crippen LogP contribution is -2.50. The van der Waals surface area contributed by atoms with Crippen LogP contribution in [0, 0.1) is 0 Å². The fourth-order valence-corrected chi connectivity index (χ4v) is 5.47. The van der Waals surface area contributed by atoms with Crippen LogP contribution in [0.1, 0.15) is 28.8 Å². The normalized spacial score (nSPS) is 17.1. The van der Waals surface area contributed by atoms with Gasteiger partial charge in [0.1, 0.15) is 17.2 Å². The highest BCUT2D eigenvalue weighted by Gasteiger charge is 2.35. The van der Waals surface area contributed by atoms with Crippen molar-refractivity contribution in [1.29, 1.82) is 0 Å². The van der Waals surface area contributed by atoms with E-state index in [4.69, 9.17) is 14.2 Å². The molecule has 2 aromatic heterocycles. The summed E-state index contributed by atoms with van der Waals surface area (Å²) in [6.07, 6.45) is -1.79. The summed E-state index contributed by atoms with van der Waals surface area (Å²) in [7, 11) is 3.01. The molecule has 0 spiro atoms. The van der Waals surface area contributed by atoms with Gasteiger partial charge in [-0.15, -0.1) is 0 Å². The molecule has 0 bridgehead atoms. The Morgan fingerprint density at radius 1 is 1.12 bits per heavy atom. The topological polar surface area (TPSA) is 104 Å². The largest absolute Gasteiger partial charge is 0.495 e. The molecule has 0 aliphatic carbocycles. The number of anilines is 3. The third kappa shape index (κ3) is 6.52. The Labute approximate surface area is 236 Å². The van der Waals surface area contributed by atoms with Gasteiger partial charge in [-0.05, 0) is 31.0 Å². The van der Waals surface area contributed by atoms with E-state index in [2.05, 4.69) is 25.5 Å². The quantitative estimate of drug-likeness (QED) is 0.324. The number of aromatic amines is 1. The number of carbonyl (C=O) groups is 1. The van der Waals surface area contributed by atoms with Gasteiger partial charge in [-0.2, -0.15) is 13.2 Å². The van der Waals surface area contributed by atoms with Crippen LogP contribution in [-0.4, -0.2) is 98.5 Å². The van der Waals surface area contributed by atoms with E-state index in [1.165, 1.54) is 20.3 Å². The maximum Gasteiger partial charge on any atom is 0.418 e. The van der Waals surface area contributed by atoms with Crippen molar-refractivity contribution < 1.29 is 32.2 Å². The fraction of sp³-hybridized carbons (Fsp3) is 0.500. The number of alkyl halides is 3. The summed E-state index contributed by atoms with van der Waals surface area (Å²) in [6.45, 7) is 5.37. The number of carbonyl (C=O) groups excluding carboxylic acids is 1. The molecule has 2 aliphatic rings. The van der Waals surface area contributed by atoms with Crippen LogP contribution in [0.2, 0.25) is 0 Å². The highest BCUT2D eigenvalue weighted by atomic mass is 19.4. The van der Waals surface area contributed by atoms with Gasteiger partial charge in [0.05, 0.1) is 43.6 Å². The second kappa shape index (κ2) is 12.5. The molecule has 3 aromatic rings. The third-order valence-electron chi connectivity index (χ3n) is 7.59. The van der Waals surface area contributed by atoms with Gasteiger partial charge in [0, 0.05) is 69.4 Å². The maximum absolute atomic E-state index is 13.6. The van der Waals surface area contributed by atoms with Gasteiger partial charge < -0.3 is 34.7 Å². The van der Waals surface area contributed by atoms with Crippen LogP contribution in [0.5, 0.6) is 5.75 Å². The van der Waals surface area contributed by atoms with E-state index in [0.717, 1.165) is 45.3 Å². The number of amides is 1. The molecule has 4 heterocycles. The summed E-state index contributed by atoms with van der Waals surface area (Å²) >= 11 is 0. The molecule has 0 saturated carbocycles. The number of hydrogen-bond donors (Lipinski definition) is 3. The number of aromatic nitrogens is 2. The van der Waals surface area contributed by atoms with Crippen molar-refractivity contribution in [3.63, 3.8) is 0 Å². The monoisotopic (exact) mass is 576 g/mol. The number of H-pyrrole nitrogens is 1. The van der Waals surface area contributed by atoms with Crippen molar-refractivity contribution in [2.75, 3.05) is 77.4 Å². The summed E-state index contributed by atoms with van der Waals surface area (Å²) in [5.74, 6) is 0.651. The second-order valence-corrected chi connectivity index (χ2v) is 10.1. The second-order valence-electron chi connectivity index (χ2n) is 10.1. The molecule has 41 heavy (non-hydrogen) atoms. The Bertz CT molecular complexity index is 1350. The molecule has 1 aromatic carbocycles. The SMILES string of the molecule is COCCNc1cc(Nc2ccc(C(=O)N3CCC(N4CCOCC4)CC3)cc2OC)nc2[nH]cc(C(F)(F)F)c12. The third-order valence-corrected chi connectivity index (χ3v) is 7.59. The Morgan fingerprint density at radius 2 is 1.88 bits per heavy atom. The zero-order chi connectivity index (χ0) is 29.0. The average Bonchev–Trinajstić information content (AvgIpc) is 3.43. The molecule has 2 saturated heterocycles. The van der Waals surface area contributed by atoms with Crippen LogP contribution in [0.3, 0.4) is 0 Å². The van der Waals surface area contributed by atoms with Crippen LogP contribution < -0.4 is 15.4 Å². The number of nitrogens with one attached hydrogen (secondary N) is 3. The first-order chi connectivity index (χ1) is 19.8. The van der Waals surface area contributed by atoms with E-state index in [0.29, 0.717) is 55.1 Å². The molecule has 3 N–H and O–H groups in total. The van der Waals surface area contributed by atoms with Crippen molar-refractivity contribution in [2.24, 2.45) is 0 Å². The summed E-state index contributed by atoms with van der Waals surface area (Å²) in [5.41, 5.74) is 0.554. The number of halogens is 3. The number of rotatable bonds is 9. The molecule has 13 heteroatoms. The molecule has 1 amide bonds. The molecule has 2 fully saturated rings. The van der Waals surface area contributed by atoms with Crippen LogP contribution in [0.25, 0.3) is 11.0 Å². The molecular formula is C28H35F3N6O4. The van der Waals surface area contributed by atoms with Gasteiger partial charge in [0.25, 0.3) is 5.91 Å². The Balaban J connectivity index is 1.32. The van der Waals surface area contributed by atoms with Crippen LogP contribution in [0.4, 0.5) is 30.4 Å². The molecule has 222 valence electrons. The summed E-state index contributed by atoms with van der Waals surface area (Å²) in [6, 6.07) is 7.08. The number of piperidine rings is 1. The van der Waals surface area contributed by atoms with E-state index >= 15 is 0 Å². The summed E-state index contributed by atoms with van der Waals surface area (Å²) in [5, 5.41) is 6.09. The predicted octanol–water partition coefficient (Wildman–Crippen LogP) is 4.33. The fourth-order valence-electron chi connectivity index (χ4n) is 5.47. The minimum atomic E-state index is -4.55. The van der Waals surface area contributed by atoms with Crippen molar-refractivity contribution in [1.82, 2.24) is 19.8 Å². The van der Waals surface area contributed by atoms with Crippen molar-refractivity contribution in [2.45, 2.75) is 25.1 Å². The van der Waals surface area contributed by atoms with Crippen LogP contribution >= 0.6 is 0 Å². The number of pyridine rings is 1. The number of benzene rings is 1. The van der Waals surface area contributed by atoms with E-state index in [1.807, 2.05) is 4.90 Å². The van der Waals surface area contributed by atoms with Gasteiger partial charge in [0.15, 0.2) is 0 Å². The zero-order valence-corrected chi connectivity index (χ0v) is 23.1. The zero-order valence-electron chi connectivity index (χ0n) is 23.1. The van der Waals surface area contributed by atoms with Crippen molar-refractivity contribution in [3.8, 4) is 5.75 Å². The van der Waals surface area contributed by atoms with Crippen LogP contribution in [0.15, 0.2) is 30.5 Å². The molecule has 0 unspecified atom stereocenters. The first-order valence-electron chi connectivity index (χ1n) is 13.7. The van der Waals surface area contributed by atoms with E-state index in [9.17, 15) is 18.0 Å². The minimum absolute atomic E-state index is 0.0514. The van der Waals surface area contributed by atoms with E-state index < -0.39 is 11.7 Å². The van der Waals surface area contributed by atoms with Gasteiger partial charge in [-0.25, -0.2) is 4.98 Å². The number of fused-ring (bicyclic) bond motifs is 1. The predicted molar refractivity (Wildman–Crippen MR) is 149 cm³/mol. The molecule has 2 aliphatic heterocycles. The first kappa shape index (κ1) is 29.0. The minimum Gasteiger partial charge on any atom is -0.495 e. The first-order valence-corrected chi connectivity index (χ1v) is 13.7. The summed E-state index contributed by atoms with van der Waals surface area (Å²) in [4.78, 5) is 24.6. The Morgan fingerprint density at radius 3 is 2.56 bits per heavy atom. The average molecular weight is 577 g/mol. The Kier molecular flexibility index (Phi) is 8.85. The van der Waals surface area contributed by atoms with Crippen molar-refractivity contribution >= 4 is 34.1 Å². The lowest BCUT2D eigenvalue weighted by molar-refractivity contribution is -0.136. The Hall–Kier alpha value is -3.55. The number of hydrogen-bond acceptors (Lipinski definition) is 8. The molecule has 0 atom stereocenters. The standard InChI is InChI=1S/C28H35F3N6O4/c1-39-12-7-32-22-16-24(35-26-25(22)20(17-33-26)28(29,30)31)34-21-4-3-18(15-23(21)40-2)27(38)37-8-5-19(6-9-37)36-10-13-41-14-11-36/h3-4,15-17,19H,5-14H2,1-2H3,(H3,32,33,34,35). The number of morpholine rings is 1.